The highest BCUT2D eigenvalue weighted by molar-refractivity contribution is 6.35. The SMILES string of the molecule is CCN(CC(=O)Nc1cc(Cl)ccc1Cl)C(=O)c1ccc(OC)nc1. The maximum absolute atomic E-state index is 12.5. The molecule has 0 atom stereocenters. The third-order valence-electron chi connectivity index (χ3n) is 3.40. The zero-order valence-corrected chi connectivity index (χ0v) is 15.3. The van der Waals surface area contributed by atoms with Crippen LogP contribution in [0.2, 0.25) is 10.0 Å². The summed E-state index contributed by atoms with van der Waals surface area (Å²) < 4.78 is 4.96. The van der Waals surface area contributed by atoms with E-state index in [-0.39, 0.29) is 18.4 Å². The van der Waals surface area contributed by atoms with E-state index in [1.54, 1.807) is 37.3 Å². The number of aromatic nitrogens is 1. The molecule has 6 nitrogen and oxygen atoms in total. The lowest BCUT2D eigenvalue weighted by Gasteiger charge is -2.20. The Kier molecular flexibility index (Phi) is 6.61. The molecule has 1 heterocycles. The number of nitrogens with one attached hydrogen (secondary N) is 1. The summed E-state index contributed by atoms with van der Waals surface area (Å²) in [6, 6.07) is 7.95. The number of benzene rings is 1. The Morgan fingerprint density at radius 2 is 2.00 bits per heavy atom. The number of methoxy groups -OCH3 is 1. The fraction of sp³-hybridized carbons (Fsp3) is 0.235. The van der Waals surface area contributed by atoms with Crippen LogP contribution in [0.5, 0.6) is 5.88 Å². The molecule has 2 aromatic rings. The molecule has 0 bridgehead atoms. The minimum atomic E-state index is -0.374. The molecule has 8 heteroatoms. The Morgan fingerprint density at radius 1 is 1.24 bits per heavy atom. The van der Waals surface area contributed by atoms with E-state index >= 15 is 0 Å². The van der Waals surface area contributed by atoms with Crippen molar-refractivity contribution in [3.8, 4) is 5.88 Å². The lowest BCUT2D eigenvalue weighted by atomic mass is 10.2. The van der Waals surface area contributed by atoms with Gasteiger partial charge < -0.3 is 15.0 Å². The Morgan fingerprint density at radius 3 is 2.60 bits per heavy atom. The Bertz CT molecular complexity index is 766. The zero-order chi connectivity index (χ0) is 18.4. The van der Waals surface area contributed by atoms with Gasteiger partial charge in [0.05, 0.1) is 23.4 Å². The molecular formula is C17H17Cl2N3O3. The van der Waals surface area contributed by atoms with Crippen LogP contribution >= 0.6 is 23.2 Å². The largest absolute Gasteiger partial charge is 0.481 e. The maximum atomic E-state index is 12.5. The van der Waals surface area contributed by atoms with E-state index in [0.717, 1.165) is 0 Å². The Labute approximate surface area is 155 Å². The van der Waals surface area contributed by atoms with Crippen LogP contribution in [0, 0.1) is 0 Å². The predicted octanol–water partition coefficient (Wildman–Crippen LogP) is 3.50. The fourth-order valence-corrected chi connectivity index (χ4v) is 2.43. The predicted molar refractivity (Wildman–Crippen MR) is 97.5 cm³/mol. The molecule has 2 rings (SSSR count). The zero-order valence-electron chi connectivity index (χ0n) is 13.8. The molecule has 0 saturated heterocycles. The maximum Gasteiger partial charge on any atom is 0.255 e. The molecule has 25 heavy (non-hydrogen) atoms. The highest BCUT2D eigenvalue weighted by Crippen LogP contribution is 2.25. The van der Waals surface area contributed by atoms with Gasteiger partial charge >= 0.3 is 0 Å². The van der Waals surface area contributed by atoms with Crippen molar-refractivity contribution in [3.63, 3.8) is 0 Å². The molecule has 2 amide bonds. The van der Waals surface area contributed by atoms with E-state index in [0.29, 0.717) is 33.7 Å². The molecule has 0 fully saturated rings. The molecule has 0 saturated carbocycles. The van der Waals surface area contributed by atoms with E-state index in [1.165, 1.54) is 18.2 Å². The molecule has 0 aliphatic carbocycles. The molecule has 1 aromatic heterocycles. The molecule has 0 unspecified atom stereocenters. The normalized spacial score (nSPS) is 10.2. The van der Waals surface area contributed by atoms with Crippen LogP contribution in [0.4, 0.5) is 5.69 Å². The number of amides is 2. The summed E-state index contributed by atoms with van der Waals surface area (Å²) >= 11 is 11.9. The molecule has 0 aliphatic heterocycles. The van der Waals surface area contributed by atoms with E-state index < -0.39 is 0 Å². The second-order valence-electron chi connectivity index (χ2n) is 5.08. The molecule has 132 valence electrons. The van der Waals surface area contributed by atoms with Crippen LogP contribution in [0.1, 0.15) is 17.3 Å². The van der Waals surface area contributed by atoms with Gasteiger partial charge in [0.1, 0.15) is 6.54 Å². The smallest absolute Gasteiger partial charge is 0.255 e. The minimum Gasteiger partial charge on any atom is -0.481 e. The van der Waals surface area contributed by atoms with E-state index in [2.05, 4.69) is 10.3 Å². The first kappa shape index (κ1) is 19.0. The van der Waals surface area contributed by atoms with E-state index in [9.17, 15) is 9.59 Å². The quantitative estimate of drug-likeness (QED) is 0.830. The van der Waals surface area contributed by atoms with E-state index in [1.807, 2.05) is 0 Å². The number of pyridine rings is 1. The second-order valence-corrected chi connectivity index (χ2v) is 5.92. The first-order valence-corrected chi connectivity index (χ1v) is 8.24. The van der Waals surface area contributed by atoms with Gasteiger partial charge in [-0.05, 0) is 31.2 Å². The summed E-state index contributed by atoms with van der Waals surface area (Å²) in [6.45, 7) is 2.03. The summed E-state index contributed by atoms with van der Waals surface area (Å²) in [5, 5.41) is 3.47. The third kappa shape index (κ3) is 5.08. The number of likely N-dealkylation sites (N-methyl/N-ethyl adjacent to an activating group) is 1. The molecule has 0 spiro atoms. The second kappa shape index (κ2) is 8.69. The van der Waals surface area contributed by atoms with Gasteiger partial charge in [-0.2, -0.15) is 0 Å². The van der Waals surface area contributed by atoms with Gasteiger partial charge in [0.25, 0.3) is 5.91 Å². The summed E-state index contributed by atoms with van der Waals surface area (Å²) in [5.74, 6) is -0.265. The van der Waals surface area contributed by atoms with Gasteiger partial charge in [0.15, 0.2) is 0 Å². The van der Waals surface area contributed by atoms with Crippen LogP contribution in [-0.4, -0.2) is 41.9 Å². The van der Waals surface area contributed by atoms with Gasteiger partial charge in [0, 0.05) is 23.8 Å². The summed E-state index contributed by atoms with van der Waals surface area (Å²) in [6.07, 6.45) is 1.41. The summed E-state index contributed by atoms with van der Waals surface area (Å²) in [4.78, 5) is 30.1. The lowest BCUT2D eigenvalue weighted by molar-refractivity contribution is -0.116. The Balaban J connectivity index is 2.05. The number of hydrogen-bond acceptors (Lipinski definition) is 4. The lowest BCUT2D eigenvalue weighted by Crippen LogP contribution is -2.38. The first-order valence-electron chi connectivity index (χ1n) is 7.48. The van der Waals surface area contributed by atoms with Gasteiger partial charge in [-0.15, -0.1) is 0 Å². The monoisotopic (exact) mass is 381 g/mol. The third-order valence-corrected chi connectivity index (χ3v) is 3.96. The topological polar surface area (TPSA) is 71.5 Å². The van der Waals surface area contributed by atoms with Crippen molar-refractivity contribution in [3.05, 3.63) is 52.1 Å². The van der Waals surface area contributed by atoms with Crippen LogP contribution in [0.3, 0.4) is 0 Å². The van der Waals surface area contributed by atoms with Crippen molar-refractivity contribution in [1.29, 1.82) is 0 Å². The number of halogens is 2. The molecule has 1 aromatic carbocycles. The van der Waals surface area contributed by atoms with Gasteiger partial charge in [-0.25, -0.2) is 4.98 Å². The first-order chi connectivity index (χ1) is 11.9. The van der Waals surface area contributed by atoms with Crippen molar-refractivity contribution in [2.75, 3.05) is 25.5 Å². The number of nitrogens with zero attached hydrogens (tertiary/aromatic N) is 2. The molecule has 1 N–H and O–H groups in total. The number of carbonyl (C=O) groups excluding carboxylic acids is 2. The minimum absolute atomic E-state index is 0.121. The average Bonchev–Trinajstić information content (AvgIpc) is 2.62. The number of ether oxygens (including phenoxy) is 1. The highest BCUT2D eigenvalue weighted by Gasteiger charge is 2.18. The van der Waals surface area contributed by atoms with Gasteiger partial charge in [-0.3, -0.25) is 9.59 Å². The summed E-state index contributed by atoms with van der Waals surface area (Å²) in [7, 11) is 1.49. The van der Waals surface area contributed by atoms with Crippen molar-refractivity contribution < 1.29 is 14.3 Å². The van der Waals surface area contributed by atoms with Crippen LogP contribution < -0.4 is 10.1 Å². The number of carbonyl (C=O) groups is 2. The molecule has 0 aliphatic rings. The standard InChI is InChI=1S/C17H17Cl2N3O3/c1-3-22(17(24)11-4-7-16(25-2)20-9-11)10-15(23)21-14-8-12(18)5-6-13(14)19/h4-9H,3,10H2,1-2H3,(H,21,23). The van der Waals surface area contributed by atoms with Crippen LogP contribution in [0.25, 0.3) is 0 Å². The number of rotatable bonds is 6. The van der Waals surface area contributed by atoms with Crippen molar-refractivity contribution in [2.24, 2.45) is 0 Å². The Hall–Kier alpha value is -2.31. The summed E-state index contributed by atoms with van der Waals surface area (Å²) in [5.41, 5.74) is 0.769. The van der Waals surface area contributed by atoms with Crippen molar-refractivity contribution in [2.45, 2.75) is 6.92 Å². The van der Waals surface area contributed by atoms with Crippen LogP contribution in [-0.2, 0) is 4.79 Å². The average molecular weight is 382 g/mol. The van der Waals surface area contributed by atoms with Crippen molar-refractivity contribution >= 4 is 40.7 Å². The van der Waals surface area contributed by atoms with Gasteiger partial charge in [-0.1, -0.05) is 23.2 Å². The van der Waals surface area contributed by atoms with E-state index in [4.69, 9.17) is 27.9 Å². The fourth-order valence-electron chi connectivity index (χ4n) is 2.09. The molecular weight excluding hydrogens is 365 g/mol. The molecule has 0 radical (unpaired) electrons. The van der Waals surface area contributed by atoms with Crippen LogP contribution in [0.15, 0.2) is 36.5 Å². The van der Waals surface area contributed by atoms with Crippen molar-refractivity contribution in [1.82, 2.24) is 9.88 Å². The highest BCUT2D eigenvalue weighted by atomic mass is 35.5. The number of anilines is 1. The number of hydrogen-bond donors (Lipinski definition) is 1. The van der Waals surface area contributed by atoms with Gasteiger partial charge in [0.2, 0.25) is 11.8 Å².